The summed E-state index contributed by atoms with van der Waals surface area (Å²) in [5.41, 5.74) is 0.836. The van der Waals surface area contributed by atoms with E-state index in [4.69, 9.17) is 0 Å². The van der Waals surface area contributed by atoms with Gasteiger partial charge in [-0.1, -0.05) is 12.1 Å². The number of halogens is 1. The molecule has 1 aromatic carbocycles. The number of nitrogens with one attached hydrogen (secondary N) is 1. The largest absolute Gasteiger partial charge is 1.00 e. The maximum Gasteiger partial charge on any atom is 0.290 e. The number of carbonyl (C=O) groups is 1. The highest BCUT2D eigenvalue weighted by Gasteiger charge is 2.08. The molecule has 0 atom stereocenters. The maximum atomic E-state index is 11.8. The molecule has 0 radical (unpaired) electrons. The van der Waals surface area contributed by atoms with Crippen LogP contribution in [0.25, 0.3) is 0 Å². The Hall–Kier alpha value is -1.52. The molecule has 1 amide bonds. The van der Waals surface area contributed by atoms with E-state index >= 15 is 0 Å². The van der Waals surface area contributed by atoms with Crippen molar-refractivity contribution in [2.75, 3.05) is 11.6 Å². The fourth-order valence-corrected chi connectivity index (χ4v) is 2.07. The van der Waals surface area contributed by atoms with Gasteiger partial charge in [-0.25, -0.2) is 0 Å². The molecule has 0 aliphatic heterocycles. The summed E-state index contributed by atoms with van der Waals surface area (Å²) in [4.78, 5) is 13.0. The fourth-order valence-electron chi connectivity index (χ4n) is 1.61. The second kappa shape index (κ2) is 7.81. The summed E-state index contributed by atoms with van der Waals surface area (Å²) in [7, 11) is 0. The molecule has 0 spiro atoms. The highest BCUT2D eigenvalue weighted by Crippen LogP contribution is 2.18. The number of benzene rings is 1. The molecule has 0 aliphatic rings. The zero-order valence-electron chi connectivity index (χ0n) is 10.5. The van der Waals surface area contributed by atoms with Gasteiger partial charge in [0.05, 0.1) is 0 Å². The van der Waals surface area contributed by atoms with Gasteiger partial charge < -0.3 is 17.7 Å². The molecule has 0 aliphatic carbocycles. The van der Waals surface area contributed by atoms with Gasteiger partial charge in [0.2, 0.25) is 6.54 Å². The highest BCUT2D eigenvalue weighted by molar-refractivity contribution is 7.98. The molecule has 1 N–H and O–H groups in total. The van der Waals surface area contributed by atoms with Gasteiger partial charge in [0.25, 0.3) is 5.91 Å². The van der Waals surface area contributed by atoms with E-state index in [1.54, 1.807) is 11.8 Å². The van der Waals surface area contributed by atoms with Crippen molar-refractivity contribution in [1.82, 2.24) is 0 Å². The van der Waals surface area contributed by atoms with Gasteiger partial charge in [-0.05, 0) is 24.5 Å². The lowest BCUT2D eigenvalue weighted by molar-refractivity contribution is -0.684. The first-order valence-corrected chi connectivity index (χ1v) is 6.88. The molecule has 0 saturated heterocycles. The predicted octanol–water partition coefficient (Wildman–Crippen LogP) is -0.661. The number of aromatic nitrogens is 1. The van der Waals surface area contributed by atoms with Crippen LogP contribution in [-0.2, 0) is 11.3 Å². The van der Waals surface area contributed by atoms with Gasteiger partial charge in [-0.2, -0.15) is 4.57 Å². The lowest BCUT2D eigenvalue weighted by Gasteiger charge is -2.04. The van der Waals surface area contributed by atoms with E-state index < -0.39 is 0 Å². The minimum Gasteiger partial charge on any atom is -1.00 e. The first kappa shape index (κ1) is 15.5. The predicted molar refractivity (Wildman–Crippen MR) is 73.5 cm³/mol. The summed E-state index contributed by atoms with van der Waals surface area (Å²) in [5, 5.41) is 2.89. The molecule has 1 aromatic heterocycles. The molecule has 0 unspecified atom stereocenters. The summed E-state index contributed by atoms with van der Waals surface area (Å²) in [5.74, 6) is -0.0237. The summed E-state index contributed by atoms with van der Waals surface area (Å²) in [6.07, 6.45) is 5.76. The minimum atomic E-state index is -0.0237. The van der Waals surface area contributed by atoms with Crippen molar-refractivity contribution in [2.24, 2.45) is 0 Å². The molecule has 0 fully saturated rings. The minimum absolute atomic E-state index is 0. The number of hydrogen-bond acceptors (Lipinski definition) is 2. The number of nitrogens with zero attached hydrogens (tertiary/aromatic N) is 1. The third-order valence-corrected chi connectivity index (χ3v) is 3.18. The van der Waals surface area contributed by atoms with E-state index in [1.165, 1.54) is 0 Å². The number of amides is 1. The van der Waals surface area contributed by atoms with Crippen LogP contribution in [0.1, 0.15) is 0 Å². The fraction of sp³-hybridized carbons (Fsp3) is 0.143. The molecule has 3 nitrogen and oxygen atoms in total. The second-order valence-corrected chi connectivity index (χ2v) is 4.71. The van der Waals surface area contributed by atoms with Crippen molar-refractivity contribution in [1.29, 1.82) is 0 Å². The first-order chi connectivity index (χ1) is 8.78. The smallest absolute Gasteiger partial charge is 0.290 e. The topological polar surface area (TPSA) is 33.0 Å². The van der Waals surface area contributed by atoms with Crippen LogP contribution in [0.2, 0.25) is 0 Å². The molecule has 1 heterocycles. The molecular formula is C14H15ClN2OS. The zero-order valence-corrected chi connectivity index (χ0v) is 12.1. The number of pyridine rings is 1. The van der Waals surface area contributed by atoms with Crippen molar-refractivity contribution < 1.29 is 21.8 Å². The van der Waals surface area contributed by atoms with Crippen LogP contribution in [0.3, 0.4) is 0 Å². The van der Waals surface area contributed by atoms with Gasteiger partial charge in [-0.3, -0.25) is 4.79 Å². The standard InChI is InChI=1S/C14H14N2OS.ClH/c1-18-13-7-5-6-12(10-13)15-14(17)11-16-8-3-2-4-9-16;/h2-10H,11H2,1H3;1H. The van der Waals surface area contributed by atoms with Crippen LogP contribution in [0, 0.1) is 0 Å². The van der Waals surface area contributed by atoms with Gasteiger partial charge in [0.15, 0.2) is 12.4 Å². The molecule has 0 saturated carbocycles. The lowest BCUT2D eigenvalue weighted by atomic mass is 10.3. The van der Waals surface area contributed by atoms with Gasteiger partial charge in [0.1, 0.15) is 0 Å². The average Bonchev–Trinajstić information content (AvgIpc) is 2.40. The maximum absolute atomic E-state index is 11.8. The Labute approximate surface area is 123 Å². The quantitative estimate of drug-likeness (QED) is 0.600. The summed E-state index contributed by atoms with van der Waals surface area (Å²) < 4.78 is 1.84. The van der Waals surface area contributed by atoms with Gasteiger partial charge in [0, 0.05) is 22.7 Å². The molecular weight excluding hydrogens is 280 g/mol. The van der Waals surface area contributed by atoms with Gasteiger partial charge in [-0.15, -0.1) is 11.8 Å². The van der Waals surface area contributed by atoms with Crippen LogP contribution in [-0.4, -0.2) is 12.2 Å². The van der Waals surface area contributed by atoms with E-state index in [0.717, 1.165) is 10.6 Å². The Balaban J connectivity index is 0.00000180. The van der Waals surface area contributed by atoms with Crippen LogP contribution >= 0.6 is 11.8 Å². The van der Waals surface area contributed by atoms with Crippen molar-refractivity contribution in [2.45, 2.75) is 11.4 Å². The summed E-state index contributed by atoms with van der Waals surface area (Å²) >= 11 is 1.66. The van der Waals surface area contributed by atoms with E-state index in [1.807, 2.05) is 65.7 Å². The van der Waals surface area contributed by atoms with Gasteiger partial charge >= 0.3 is 0 Å². The number of thioether (sulfide) groups is 1. The molecule has 2 aromatic rings. The Morgan fingerprint density at radius 2 is 1.95 bits per heavy atom. The van der Waals surface area contributed by atoms with Crippen molar-refractivity contribution in [3.05, 3.63) is 54.9 Å². The lowest BCUT2D eigenvalue weighted by Crippen LogP contribution is -3.00. The SMILES string of the molecule is CSc1cccc(NC(=O)C[n+]2ccccc2)c1.[Cl-]. The van der Waals surface area contributed by atoms with E-state index in [-0.39, 0.29) is 18.3 Å². The van der Waals surface area contributed by atoms with Crippen molar-refractivity contribution >= 4 is 23.4 Å². The Morgan fingerprint density at radius 1 is 1.21 bits per heavy atom. The van der Waals surface area contributed by atoms with E-state index in [9.17, 15) is 4.79 Å². The van der Waals surface area contributed by atoms with Crippen LogP contribution in [0.5, 0.6) is 0 Å². The first-order valence-electron chi connectivity index (χ1n) is 5.66. The van der Waals surface area contributed by atoms with E-state index in [0.29, 0.717) is 6.54 Å². The van der Waals surface area contributed by atoms with Crippen molar-refractivity contribution in [3.63, 3.8) is 0 Å². The third kappa shape index (κ3) is 4.93. The average molecular weight is 295 g/mol. The highest BCUT2D eigenvalue weighted by atomic mass is 35.5. The second-order valence-electron chi connectivity index (χ2n) is 3.83. The molecule has 2 rings (SSSR count). The molecule has 5 heteroatoms. The van der Waals surface area contributed by atoms with Crippen LogP contribution in [0.4, 0.5) is 5.69 Å². The number of carbonyl (C=O) groups excluding carboxylic acids is 1. The molecule has 0 bridgehead atoms. The number of hydrogen-bond donors (Lipinski definition) is 1. The number of rotatable bonds is 4. The van der Waals surface area contributed by atoms with Crippen LogP contribution in [0.15, 0.2) is 59.8 Å². The Morgan fingerprint density at radius 3 is 2.63 bits per heavy atom. The number of anilines is 1. The monoisotopic (exact) mass is 294 g/mol. The van der Waals surface area contributed by atoms with E-state index in [2.05, 4.69) is 5.32 Å². The zero-order chi connectivity index (χ0) is 12.8. The molecule has 100 valence electrons. The summed E-state index contributed by atoms with van der Waals surface area (Å²) in [6, 6.07) is 13.6. The third-order valence-electron chi connectivity index (χ3n) is 2.46. The van der Waals surface area contributed by atoms with Crippen LogP contribution < -0.4 is 22.3 Å². The Bertz CT molecular complexity index is 534. The normalized spacial score (nSPS) is 9.53. The van der Waals surface area contributed by atoms with Crippen molar-refractivity contribution in [3.8, 4) is 0 Å². The Kier molecular flexibility index (Phi) is 6.39. The molecule has 19 heavy (non-hydrogen) atoms. The summed E-state index contributed by atoms with van der Waals surface area (Å²) in [6.45, 7) is 0.324.